The monoisotopic (exact) mass is 366 g/mol. The Morgan fingerprint density at radius 1 is 1.19 bits per heavy atom. The Hall–Kier alpha value is -1.66. The number of hydrogen-bond donors (Lipinski definition) is 2. The quantitative estimate of drug-likeness (QED) is 0.819. The van der Waals surface area contributed by atoms with E-state index in [1.165, 1.54) is 4.88 Å². The van der Waals surface area contributed by atoms with E-state index in [9.17, 15) is 9.59 Å². The van der Waals surface area contributed by atoms with Crippen molar-refractivity contribution in [3.05, 3.63) is 50.6 Å². The lowest BCUT2D eigenvalue weighted by atomic mass is 10.1. The predicted octanol–water partition coefficient (Wildman–Crippen LogP) is 3.57. The van der Waals surface area contributed by atoms with Gasteiger partial charge >= 0.3 is 0 Å². The highest BCUT2D eigenvalue weighted by Gasteiger charge is 2.10. The summed E-state index contributed by atoms with van der Waals surface area (Å²) >= 11 is 5.09. The van der Waals surface area contributed by atoms with Gasteiger partial charge in [-0.15, -0.1) is 11.3 Å². The number of aryl methyl sites for hydroxylation is 1. The van der Waals surface area contributed by atoms with Crippen molar-refractivity contribution in [3.8, 4) is 0 Å². The van der Waals surface area contributed by atoms with E-state index in [-0.39, 0.29) is 5.91 Å². The van der Waals surface area contributed by atoms with Gasteiger partial charge in [-0.05, 0) is 53.0 Å². The molecule has 21 heavy (non-hydrogen) atoms. The average molecular weight is 367 g/mol. The largest absolute Gasteiger partial charge is 0.366 e. The van der Waals surface area contributed by atoms with Gasteiger partial charge in [0.2, 0.25) is 5.91 Å². The maximum atomic E-state index is 11.9. The highest BCUT2D eigenvalue weighted by molar-refractivity contribution is 9.11. The van der Waals surface area contributed by atoms with Gasteiger partial charge in [0, 0.05) is 11.3 Å². The standard InChI is InChI=1S/C15H15BrN2O2S/c16-13-9-8-10(21-13)4-3-7-14(19)18-12-6-2-1-5-11(12)15(17)20/h1-2,5-6,8-9H,3-4,7H2,(H2,17,20)(H,18,19). The van der Waals surface area contributed by atoms with Gasteiger partial charge in [0.1, 0.15) is 0 Å². The highest BCUT2D eigenvalue weighted by Crippen LogP contribution is 2.23. The maximum absolute atomic E-state index is 11.9. The average Bonchev–Trinajstić information content (AvgIpc) is 2.85. The van der Waals surface area contributed by atoms with Crippen LogP contribution in [0.4, 0.5) is 5.69 Å². The zero-order valence-corrected chi connectivity index (χ0v) is 13.7. The molecule has 0 saturated heterocycles. The molecule has 0 bridgehead atoms. The Labute approximate surface area is 135 Å². The molecule has 1 aromatic heterocycles. The summed E-state index contributed by atoms with van der Waals surface area (Å²) in [5, 5.41) is 2.74. The Balaban J connectivity index is 1.86. The van der Waals surface area contributed by atoms with Crippen LogP contribution in [0.2, 0.25) is 0 Å². The number of benzene rings is 1. The van der Waals surface area contributed by atoms with Crippen molar-refractivity contribution in [3.63, 3.8) is 0 Å². The minimum absolute atomic E-state index is 0.112. The lowest BCUT2D eigenvalue weighted by molar-refractivity contribution is -0.116. The van der Waals surface area contributed by atoms with Crippen LogP contribution in [0.25, 0.3) is 0 Å². The number of amides is 2. The second-order valence-corrected chi connectivity index (χ2v) is 7.06. The molecule has 0 unspecified atom stereocenters. The van der Waals surface area contributed by atoms with E-state index in [0.717, 1.165) is 16.6 Å². The lowest BCUT2D eigenvalue weighted by Gasteiger charge is -2.08. The van der Waals surface area contributed by atoms with E-state index in [1.807, 2.05) is 6.07 Å². The van der Waals surface area contributed by atoms with Gasteiger partial charge in [0.25, 0.3) is 5.91 Å². The maximum Gasteiger partial charge on any atom is 0.250 e. The van der Waals surface area contributed by atoms with Crippen LogP contribution in [-0.2, 0) is 11.2 Å². The van der Waals surface area contributed by atoms with Gasteiger partial charge < -0.3 is 11.1 Å². The van der Waals surface area contributed by atoms with Crippen LogP contribution in [0.1, 0.15) is 28.1 Å². The van der Waals surface area contributed by atoms with Crippen molar-refractivity contribution < 1.29 is 9.59 Å². The fraction of sp³-hybridized carbons (Fsp3) is 0.200. The summed E-state index contributed by atoms with van der Waals surface area (Å²) in [6.45, 7) is 0. The van der Waals surface area contributed by atoms with Gasteiger partial charge in [-0.1, -0.05) is 12.1 Å². The molecule has 2 aromatic rings. The lowest BCUT2D eigenvalue weighted by Crippen LogP contribution is -2.18. The molecule has 0 atom stereocenters. The Bertz CT molecular complexity index is 655. The molecule has 1 heterocycles. The molecule has 0 radical (unpaired) electrons. The molecule has 3 N–H and O–H groups in total. The van der Waals surface area contributed by atoms with Crippen LogP contribution in [-0.4, -0.2) is 11.8 Å². The van der Waals surface area contributed by atoms with Crippen LogP contribution in [0.5, 0.6) is 0 Å². The molecule has 110 valence electrons. The van der Waals surface area contributed by atoms with Gasteiger partial charge in [0.15, 0.2) is 0 Å². The summed E-state index contributed by atoms with van der Waals surface area (Å²) in [6.07, 6.45) is 2.03. The number of anilines is 1. The normalized spacial score (nSPS) is 10.3. The zero-order chi connectivity index (χ0) is 15.2. The minimum atomic E-state index is -0.547. The highest BCUT2D eigenvalue weighted by atomic mass is 79.9. The second-order valence-electron chi connectivity index (χ2n) is 4.52. The van der Waals surface area contributed by atoms with Gasteiger partial charge in [-0.25, -0.2) is 0 Å². The number of rotatable bonds is 6. The third kappa shape index (κ3) is 4.68. The summed E-state index contributed by atoms with van der Waals surface area (Å²) < 4.78 is 1.09. The van der Waals surface area contributed by atoms with Gasteiger partial charge in [0.05, 0.1) is 15.0 Å². The first-order valence-electron chi connectivity index (χ1n) is 6.49. The molecule has 1 aromatic carbocycles. The zero-order valence-electron chi connectivity index (χ0n) is 11.3. The van der Waals surface area contributed by atoms with Crippen LogP contribution < -0.4 is 11.1 Å². The smallest absolute Gasteiger partial charge is 0.250 e. The Kier molecular flexibility index (Phi) is 5.52. The van der Waals surface area contributed by atoms with Crippen molar-refractivity contribution in [2.75, 3.05) is 5.32 Å². The first-order valence-corrected chi connectivity index (χ1v) is 8.10. The van der Waals surface area contributed by atoms with Crippen molar-refractivity contribution in [1.29, 1.82) is 0 Å². The topological polar surface area (TPSA) is 72.2 Å². The molecule has 2 rings (SSSR count). The summed E-state index contributed by atoms with van der Waals surface area (Å²) in [7, 11) is 0. The van der Waals surface area contributed by atoms with Crippen LogP contribution >= 0.6 is 27.3 Å². The molecule has 0 aliphatic rings. The predicted molar refractivity (Wildman–Crippen MR) is 88.5 cm³/mol. The summed E-state index contributed by atoms with van der Waals surface area (Å²) in [4.78, 5) is 24.4. The van der Waals surface area contributed by atoms with Crippen LogP contribution in [0.15, 0.2) is 40.2 Å². The van der Waals surface area contributed by atoms with Crippen molar-refractivity contribution in [1.82, 2.24) is 0 Å². The molecular formula is C15H15BrN2O2S. The molecule has 0 fully saturated rings. The second kappa shape index (κ2) is 7.38. The number of halogens is 1. The summed E-state index contributed by atoms with van der Waals surface area (Å²) in [5.41, 5.74) is 6.07. The van der Waals surface area contributed by atoms with E-state index in [1.54, 1.807) is 35.6 Å². The Morgan fingerprint density at radius 2 is 1.95 bits per heavy atom. The fourth-order valence-electron chi connectivity index (χ4n) is 1.93. The third-order valence-corrected chi connectivity index (χ3v) is 4.61. The van der Waals surface area contributed by atoms with E-state index < -0.39 is 5.91 Å². The third-order valence-electron chi connectivity index (χ3n) is 2.92. The SMILES string of the molecule is NC(=O)c1ccccc1NC(=O)CCCc1ccc(Br)s1. The van der Waals surface area contributed by atoms with Crippen molar-refractivity contribution in [2.24, 2.45) is 5.73 Å². The molecular weight excluding hydrogens is 352 g/mol. The van der Waals surface area contributed by atoms with Gasteiger partial charge in [-0.3, -0.25) is 9.59 Å². The van der Waals surface area contributed by atoms with E-state index in [0.29, 0.717) is 17.7 Å². The van der Waals surface area contributed by atoms with Gasteiger partial charge in [-0.2, -0.15) is 0 Å². The Morgan fingerprint density at radius 3 is 2.62 bits per heavy atom. The molecule has 0 spiro atoms. The molecule has 2 amide bonds. The fourth-order valence-corrected chi connectivity index (χ4v) is 3.45. The number of nitrogens with two attached hydrogens (primary N) is 1. The summed E-state index contributed by atoms with van der Waals surface area (Å²) in [5.74, 6) is -0.659. The number of para-hydroxylation sites is 1. The first-order chi connectivity index (χ1) is 10.1. The molecule has 0 saturated carbocycles. The van der Waals surface area contributed by atoms with E-state index >= 15 is 0 Å². The van der Waals surface area contributed by atoms with Crippen molar-refractivity contribution in [2.45, 2.75) is 19.3 Å². The number of carbonyl (C=O) groups excluding carboxylic acids is 2. The molecule has 4 nitrogen and oxygen atoms in total. The first kappa shape index (κ1) is 15.7. The van der Waals surface area contributed by atoms with E-state index in [4.69, 9.17) is 5.73 Å². The van der Waals surface area contributed by atoms with Crippen LogP contribution in [0, 0.1) is 0 Å². The number of nitrogens with one attached hydrogen (secondary N) is 1. The van der Waals surface area contributed by atoms with E-state index in [2.05, 4.69) is 27.3 Å². The number of thiophene rings is 1. The summed E-state index contributed by atoms with van der Waals surface area (Å²) in [6, 6.07) is 10.8. The molecule has 6 heteroatoms. The van der Waals surface area contributed by atoms with Crippen LogP contribution in [0.3, 0.4) is 0 Å². The van der Waals surface area contributed by atoms with Crippen molar-refractivity contribution >= 4 is 44.8 Å². The minimum Gasteiger partial charge on any atom is -0.366 e. The number of carbonyl (C=O) groups is 2. The number of hydrogen-bond acceptors (Lipinski definition) is 3. The molecule has 0 aliphatic carbocycles. The molecule has 0 aliphatic heterocycles. The number of primary amides is 1.